The second-order valence-electron chi connectivity index (χ2n) is 5.30. The van der Waals surface area contributed by atoms with Crippen LogP contribution in [0, 0.1) is 5.92 Å². The van der Waals surface area contributed by atoms with Gasteiger partial charge in [0.15, 0.2) is 0 Å². The van der Waals surface area contributed by atoms with Crippen LogP contribution in [0.3, 0.4) is 0 Å². The van der Waals surface area contributed by atoms with Gasteiger partial charge in [0.2, 0.25) is 0 Å². The van der Waals surface area contributed by atoms with Crippen LogP contribution in [-0.2, 0) is 11.2 Å². The first kappa shape index (κ1) is 15.2. The summed E-state index contributed by atoms with van der Waals surface area (Å²) in [6.45, 7) is 5.35. The van der Waals surface area contributed by atoms with E-state index in [0.29, 0.717) is 6.04 Å². The lowest BCUT2D eigenvalue weighted by atomic mass is 9.96. The van der Waals surface area contributed by atoms with Gasteiger partial charge in [0.05, 0.1) is 6.61 Å². The van der Waals surface area contributed by atoms with Gasteiger partial charge in [-0.25, -0.2) is 0 Å². The molecule has 0 radical (unpaired) electrons. The van der Waals surface area contributed by atoms with Crippen molar-refractivity contribution in [1.82, 2.24) is 5.32 Å². The van der Waals surface area contributed by atoms with E-state index in [1.807, 2.05) is 7.05 Å². The molecule has 0 bridgehead atoms. The molecule has 1 unspecified atom stereocenters. The molecule has 18 heavy (non-hydrogen) atoms. The van der Waals surface area contributed by atoms with Crippen LogP contribution >= 0.6 is 0 Å². The molecule has 102 valence electrons. The summed E-state index contributed by atoms with van der Waals surface area (Å²) < 4.78 is 5.10. The minimum absolute atomic E-state index is 0.476. The third kappa shape index (κ3) is 5.19. The van der Waals surface area contributed by atoms with E-state index in [9.17, 15) is 0 Å². The third-order valence-electron chi connectivity index (χ3n) is 3.36. The van der Waals surface area contributed by atoms with Crippen molar-refractivity contribution in [2.24, 2.45) is 5.92 Å². The zero-order chi connectivity index (χ0) is 13.4. The summed E-state index contributed by atoms with van der Waals surface area (Å²) >= 11 is 0. The van der Waals surface area contributed by atoms with E-state index in [2.05, 4.69) is 43.4 Å². The highest BCUT2D eigenvalue weighted by Gasteiger charge is 2.09. The molecular formula is C16H27NO. The van der Waals surface area contributed by atoms with Crippen LogP contribution < -0.4 is 5.32 Å². The number of nitrogens with one attached hydrogen (secondary N) is 1. The van der Waals surface area contributed by atoms with Crippen LogP contribution in [0.1, 0.15) is 43.9 Å². The van der Waals surface area contributed by atoms with Gasteiger partial charge in [-0.2, -0.15) is 0 Å². The van der Waals surface area contributed by atoms with Crippen molar-refractivity contribution in [2.75, 3.05) is 20.8 Å². The number of hydrogen-bond donors (Lipinski definition) is 1. The Morgan fingerprint density at radius 2 is 1.78 bits per heavy atom. The smallest absolute Gasteiger partial charge is 0.0502 e. The average Bonchev–Trinajstić information content (AvgIpc) is 2.38. The van der Waals surface area contributed by atoms with Gasteiger partial charge in [-0.1, -0.05) is 38.1 Å². The Hall–Kier alpha value is -0.860. The highest BCUT2D eigenvalue weighted by atomic mass is 16.5. The van der Waals surface area contributed by atoms with Crippen molar-refractivity contribution >= 4 is 0 Å². The quantitative estimate of drug-likeness (QED) is 0.760. The maximum absolute atomic E-state index is 5.10. The van der Waals surface area contributed by atoms with E-state index in [0.717, 1.165) is 18.9 Å². The largest absolute Gasteiger partial charge is 0.384 e. The fourth-order valence-electron chi connectivity index (χ4n) is 2.11. The molecule has 0 aliphatic heterocycles. The number of rotatable bonds is 8. The number of methoxy groups -OCH3 is 1. The van der Waals surface area contributed by atoms with Gasteiger partial charge in [0, 0.05) is 13.2 Å². The average molecular weight is 249 g/mol. The molecule has 0 spiro atoms. The van der Waals surface area contributed by atoms with Crippen molar-refractivity contribution in [3.05, 3.63) is 35.4 Å². The molecule has 0 heterocycles. The highest BCUT2D eigenvalue weighted by Crippen LogP contribution is 2.21. The number of hydrogen-bond acceptors (Lipinski definition) is 2. The first-order valence-electron chi connectivity index (χ1n) is 6.92. The van der Waals surface area contributed by atoms with Gasteiger partial charge in [0.1, 0.15) is 0 Å². The van der Waals surface area contributed by atoms with Crippen LogP contribution in [0.15, 0.2) is 24.3 Å². The van der Waals surface area contributed by atoms with Crippen LogP contribution in [0.5, 0.6) is 0 Å². The normalized spacial score (nSPS) is 12.9. The first-order valence-corrected chi connectivity index (χ1v) is 6.92. The minimum Gasteiger partial charge on any atom is -0.384 e. The van der Waals surface area contributed by atoms with Crippen LogP contribution in [0.4, 0.5) is 0 Å². The first-order chi connectivity index (χ1) is 8.67. The summed E-state index contributed by atoms with van der Waals surface area (Å²) in [5.74, 6) is 0.766. The molecule has 2 heteroatoms. The Labute approximate surface area is 112 Å². The van der Waals surface area contributed by atoms with E-state index in [4.69, 9.17) is 4.74 Å². The van der Waals surface area contributed by atoms with Gasteiger partial charge in [-0.15, -0.1) is 0 Å². The number of ether oxygens (including phenoxy) is 1. The van der Waals surface area contributed by atoms with Crippen molar-refractivity contribution in [2.45, 2.75) is 39.2 Å². The second-order valence-corrected chi connectivity index (χ2v) is 5.30. The summed E-state index contributed by atoms with van der Waals surface area (Å²) in [6, 6.07) is 9.39. The Morgan fingerprint density at radius 1 is 1.11 bits per heavy atom. The molecule has 1 aromatic rings. The lowest BCUT2D eigenvalue weighted by Gasteiger charge is -2.18. The van der Waals surface area contributed by atoms with E-state index in [-0.39, 0.29) is 0 Å². The van der Waals surface area contributed by atoms with Crippen molar-refractivity contribution in [3.8, 4) is 0 Å². The SMILES string of the molecule is CNC(CCC(C)C)c1ccc(CCOC)cc1. The van der Waals surface area contributed by atoms with E-state index in [1.165, 1.54) is 24.0 Å². The molecule has 1 N–H and O–H groups in total. The Bertz CT molecular complexity index is 318. The fraction of sp³-hybridized carbons (Fsp3) is 0.625. The van der Waals surface area contributed by atoms with Gasteiger partial charge < -0.3 is 10.1 Å². The predicted octanol–water partition coefficient (Wildman–Crippen LogP) is 3.57. The van der Waals surface area contributed by atoms with Crippen molar-refractivity contribution in [3.63, 3.8) is 0 Å². The zero-order valence-corrected chi connectivity index (χ0v) is 12.2. The molecule has 0 fully saturated rings. The monoisotopic (exact) mass is 249 g/mol. The summed E-state index contributed by atoms with van der Waals surface area (Å²) in [5, 5.41) is 3.41. The molecular weight excluding hydrogens is 222 g/mol. The molecule has 0 saturated carbocycles. The van der Waals surface area contributed by atoms with Gasteiger partial charge in [-0.3, -0.25) is 0 Å². The fourth-order valence-corrected chi connectivity index (χ4v) is 2.11. The molecule has 0 aromatic heterocycles. The van der Waals surface area contributed by atoms with Gasteiger partial charge in [-0.05, 0) is 43.4 Å². The lowest BCUT2D eigenvalue weighted by Crippen LogP contribution is -2.17. The van der Waals surface area contributed by atoms with Gasteiger partial charge in [0.25, 0.3) is 0 Å². The molecule has 0 aliphatic carbocycles. The zero-order valence-electron chi connectivity index (χ0n) is 12.2. The molecule has 0 aliphatic rings. The highest BCUT2D eigenvalue weighted by molar-refractivity contribution is 5.25. The van der Waals surface area contributed by atoms with Crippen LogP contribution in [-0.4, -0.2) is 20.8 Å². The number of benzene rings is 1. The molecule has 1 rings (SSSR count). The minimum atomic E-state index is 0.476. The third-order valence-corrected chi connectivity index (χ3v) is 3.36. The molecule has 2 nitrogen and oxygen atoms in total. The van der Waals surface area contributed by atoms with Gasteiger partial charge >= 0.3 is 0 Å². The summed E-state index contributed by atoms with van der Waals surface area (Å²) in [4.78, 5) is 0. The van der Waals surface area contributed by atoms with Crippen molar-refractivity contribution < 1.29 is 4.74 Å². The summed E-state index contributed by atoms with van der Waals surface area (Å²) in [7, 11) is 3.79. The lowest BCUT2D eigenvalue weighted by molar-refractivity contribution is 0.202. The molecule has 1 atom stereocenters. The van der Waals surface area contributed by atoms with E-state index < -0.39 is 0 Å². The Morgan fingerprint density at radius 3 is 2.28 bits per heavy atom. The maximum Gasteiger partial charge on any atom is 0.0502 e. The topological polar surface area (TPSA) is 21.3 Å². The van der Waals surface area contributed by atoms with E-state index >= 15 is 0 Å². The summed E-state index contributed by atoms with van der Waals surface area (Å²) in [5.41, 5.74) is 2.73. The molecule has 0 saturated heterocycles. The van der Waals surface area contributed by atoms with E-state index in [1.54, 1.807) is 7.11 Å². The standard InChI is InChI=1S/C16H27NO/c1-13(2)5-10-16(17-3)15-8-6-14(7-9-15)11-12-18-4/h6-9,13,16-17H,5,10-12H2,1-4H3. The molecule has 0 amide bonds. The van der Waals surface area contributed by atoms with Crippen molar-refractivity contribution in [1.29, 1.82) is 0 Å². The van der Waals surface area contributed by atoms with Crippen LogP contribution in [0.25, 0.3) is 0 Å². The maximum atomic E-state index is 5.10. The molecule has 1 aromatic carbocycles. The summed E-state index contributed by atoms with van der Waals surface area (Å²) in [6.07, 6.45) is 3.45. The second kappa shape index (κ2) is 8.28. The predicted molar refractivity (Wildman–Crippen MR) is 77.9 cm³/mol. The Kier molecular flexibility index (Phi) is 6.99. The Balaban J connectivity index is 2.57. The van der Waals surface area contributed by atoms with Crippen LogP contribution in [0.2, 0.25) is 0 Å².